The molecule has 0 N–H and O–H groups in total. The molecule has 0 heterocycles. The summed E-state index contributed by atoms with van der Waals surface area (Å²) in [5, 5.41) is 0. The third kappa shape index (κ3) is 355. The Morgan fingerprint density at radius 3 is 1.10 bits per heavy atom. The summed E-state index contributed by atoms with van der Waals surface area (Å²) in [6, 6.07) is 0. The van der Waals surface area contributed by atoms with Crippen molar-refractivity contribution in [3.63, 3.8) is 0 Å². The summed E-state index contributed by atoms with van der Waals surface area (Å²) in [7, 11) is -5.39. The monoisotopic (exact) mass is 266 g/mol. The van der Waals surface area contributed by atoms with Crippen LogP contribution in [0.5, 0.6) is 0 Å². The minimum Gasteiger partial charge on any atom is -0.822 e. The largest absolute Gasteiger partial charge is 2.00 e. The standard InChI is InChI=1S/C3H7.H3O4P.2Zn/c1-3-2;1-5(2,3)4;;/h3H,1-2H3;(H3,1,2,3,4);;/q-1;;2*+2/p-3. The Kier molecular flexibility index (Phi) is 29.2. The molecule has 10 heavy (non-hydrogen) atoms. The first kappa shape index (κ1) is 22.5. The Labute approximate surface area is 86.2 Å². The van der Waals surface area contributed by atoms with Crippen molar-refractivity contribution in [2.24, 2.45) is 0 Å². The molecule has 0 spiro atoms. The van der Waals surface area contributed by atoms with Crippen LogP contribution in [0.2, 0.25) is 0 Å². The van der Waals surface area contributed by atoms with E-state index < -0.39 is 7.82 Å². The Hall–Kier alpha value is 1.36. The van der Waals surface area contributed by atoms with E-state index in [0.29, 0.717) is 0 Å². The van der Waals surface area contributed by atoms with E-state index >= 15 is 0 Å². The van der Waals surface area contributed by atoms with Crippen LogP contribution in [-0.4, -0.2) is 0 Å². The van der Waals surface area contributed by atoms with Gasteiger partial charge in [0.2, 0.25) is 0 Å². The maximum Gasteiger partial charge on any atom is 2.00 e. The molecule has 0 aliphatic heterocycles. The molecule has 0 radical (unpaired) electrons. The van der Waals surface area contributed by atoms with Crippen molar-refractivity contribution in [2.45, 2.75) is 13.8 Å². The van der Waals surface area contributed by atoms with Gasteiger partial charge in [-0.2, -0.15) is 21.7 Å². The minimum absolute atomic E-state index is 0. The second-order valence-corrected chi connectivity index (χ2v) is 1.92. The van der Waals surface area contributed by atoms with Crippen molar-refractivity contribution in [3.05, 3.63) is 6.42 Å². The molecule has 0 atom stereocenters. The van der Waals surface area contributed by atoms with Crippen LogP contribution in [0.1, 0.15) is 13.8 Å². The summed E-state index contributed by atoms with van der Waals surface area (Å²) >= 11 is 0. The van der Waals surface area contributed by atoms with Crippen LogP contribution < -0.4 is 14.7 Å². The number of hydrogen-bond acceptors (Lipinski definition) is 4. The van der Waals surface area contributed by atoms with Crippen LogP contribution in [0.15, 0.2) is 0 Å². The molecule has 0 rings (SSSR count). The van der Waals surface area contributed by atoms with Crippen molar-refractivity contribution in [1.82, 2.24) is 0 Å². The summed E-state index contributed by atoms with van der Waals surface area (Å²) in [6.07, 6.45) is 2.00. The van der Waals surface area contributed by atoms with Gasteiger partial charge in [0.25, 0.3) is 0 Å². The Balaban J connectivity index is -0.0000000326. The first-order valence-corrected chi connectivity index (χ1v) is 3.35. The van der Waals surface area contributed by atoms with Gasteiger partial charge in [-0.1, -0.05) is 0 Å². The molecule has 0 aromatic heterocycles. The molecule has 0 aromatic carbocycles. The fourth-order valence-corrected chi connectivity index (χ4v) is 0. The van der Waals surface area contributed by atoms with Gasteiger partial charge in [-0.05, 0) is 0 Å². The van der Waals surface area contributed by atoms with Crippen molar-refractivity contribution in [2.75, 3.05) is 0 Å². The zero-order valence-electron chi connectivity index (χ0n) is 6.07. The van der Waals surface area contributed by atoms with Crippen molar-refractivity contribution < 1.29 is 58.2 Å². The van der Waals surface area contributed by atoms with Gasteiger partial charge in [-0.15, -0.1) is 0 Å². The zero-order chi connectivity index (χ0) is 7.21. The number of phosphoric acid groups is 1. The molecular weight excluding hydrogens is 262 g/mol. The molecule has 0 fully saturated rings. The molecule has 0 aliphatic rings. The Morgan fingerprint density at radius 1 is 1.10 bits per heavy atom. The molecule has 4 nitrogen and oxygen atoms in total. The van der Waals surface area contributed by atoms with Gasteiger partial charge in [0, 0.05) is 0 Å². The van der Waals surface area contributed by atoms with E-state index in [0.717, 1.165) is 0 Å². The Morgan fingerprint density at radius 2 is 1.10 bits per heavy atom. The first-order chi connectivity index (χ1) is 3.41. The molecule has 0 aliphatic carbocycles. The van der Waals surface area contributed by atoms with Gasteiger partial charge in [0.15, 0.2) is 0 Å². The van der Waals surface area contributed by atoms with Gasteiger partial charge in [0.05, 0.1) is 0 Å². The quantitative estimate of drug-likeness (QED) is 0.301. The second kappa shape index (κ2) is 13.0. The van der Waals surface area contributed by atoms with Crippen LogP contribution in [0.25, 0.3) is 0 Å². The van der Waals surface area contributed by atoms with Crippen LogP contribution in [0.4, 0.5) is 0 Å². The summed E-state index contributed by atoms with van der Waals surface area (Å²) in [6.45, 7) is 4.00. The third-order valence-electron chi connectivity index (χ3n) is 0. The van der Waals surface area contributed by atoms with Crippen molar-refractivity contribution in [1.29, 1.82) is 0 Å². The fourth-order valence-electron chi connectivity index (χ4n) is 0. The fraction of sp³-hybridized carbons (Fsp3) is 0.667. The maximum atomic E-state index is 8.55. The summed E-state index contributed by atoms with van der Waals surface area (Å²) in [5.74, 6) is 0. The second-order valence-electron chi connectivity index (χ2n) is 1.02. The SMILES string of the molecule is C[CH-]C.O=P([O-])([O-])[O-].[Zn+2].[Zn+2]. The van der Waals surface area contributed by atoms with Crippen LogP contribution in [0, 0.1) is 6.42 Å². The minimum atomic E-state index is -5.39. The smallest absolute Gasteiger partial charge is 0.822 e. The van der Waals surface area contributed by atoms with Crippen LogP contribution in [0.3, 0.4) is 0 Å². The molecule has 52 valence electrons. The van der Waals surface area contributed by atoms with E-state index in [4.69, 9.17) is 19.2 Å². The average Bonchev–Trinajstić information content (AvgIpc) is 1.27. The van der Waals surface area contributed by atoms with E-state index in [9.17, 15) is 0 Å². The van der Waals surface area contributed by atoms with Gasteiger partial charge in [-0.25, -0.2) is 0 Å². The molecule has 7 heteroatoms. The third-order valence-corrected chi connectivity index (χ3v) is 0. The zero-order valence-corrected chi connectivity index (χ0v) is 12.9. The van der Waals surface area contributed by atoms with Crippen molar-refractivity contribution >= 4 is 7.82 Å². The van der Waals surface area contributed by atoms with E-state index in [1.54, 1.807) is 0 Å². The molecule has 0 aromatic rings. The van der Waals surface area contributed by atoms with Gasteiger partial charge in [-0.3, -0.25) is 0 Å². The molecule has 0 saturated carbocycles. The Bertz CT molecular complexity index is 74.3. The van der Waals surface area contributed by atoms with Gasteiger partial charge in [0.1, 0.15) is 0 Å². The van der Waals surface area contributed by atoms with Crippen LogP contribution >= 0.6 is 7.82 Å². The number of hydrogen-bond donors (Lipinski definition) is 0. The van der Waals surface area contributed by atoms with E-state index in [1.165, 1.54) is 0 Å². The predicted molar refractivity (Wildman–Crippen MR) is 23.3 cm³/mol. The average molecular weight is 269 g/mol. The molecule has 0 unspecified atom stereocenters. The normalized spacial score (nSPS) is 7.70. The van der Waals surface area contributed by atoms with Crippen molar-refractivity contribution in [3.8, 4) is 0 Å². The molecular formula is C3H7O4PZn2. The maximum absolute atomic E-state index is 8.55. The summed E-state index contributed by atoms with van der Waals surface area (Å²) < 4.78 is 8.55. The van der Waals surface area contributed by atoms with E-state index in [1.807, 2.05) is 20.3 Å². The molecule has 0 bridgehead atoms. The first-order valence-electron chi connectivity index (χ1n) is 1.88. The molecule has 0 amide bonds. The topological polar surface area (TPSA) is 86.2 Å². The summed E-state index contributed by atoms with van der Waals surface area (Å²) in [4.78, 5) is 25.6. The van der Waals surface area contributed by atoms with Crippen LogP contribution in [-0.2, 0) is 43.5 Å². The summed E-state index contributed by atoms with van der Waals surface area (Å²) in [5.41, 5.74) is 0. The van der Waals surface area contributed by atoms with E-state index in [2.05, 4.69) is 0 Å². The van der Waals surface area contributed by atoms with Gasteiger partial charge >= 0.3 is 39.0 Å². The molecule has 0 saturated heterocycles. The number of rotatable bonds is 0. The predicted octanol–water partition coefficient (Wildman–Crippen LogP) is -1.60. The van der Waals surface area contributed by atoms with Gasteiger partial charge < -0.3 is 25.7 Å². The van der Waals surface area contributed by atoms with E-state index in [-0.39, 0.29) is 39.0 Å².